The number of hydrogen-bond acceptors (Lipinski definition) is 5. The molecular formula is C27H36BNO5. The minimum absolute atomic E-state index is 0.0711. The van der Waals surface area contributed by atoms with Crippen LogP contribution in [0.15, 0.2) is 42.5 Å². The Hall–Kier alpha value is -2.51. The molecule has 0 bridgehead atoms. The Morgan fingerprint density at radius 1 is 1.09 bits per heavy atom. The Kier molecular flexibility index (Phi) is 7.24. The van der Waals surface area contributed by atoms with Crippen molar-refractivity contribution >= 4 is 24.2 Å². The van der Waals surface area contributed by atoms with Gasteiger partial charge in [0.15, 0.2) is 0 Å². The van der Waals surface area contributed by atoms with Crippen LogP contribution in [-0.2, 0) is 27.1 Å². The topological polar surface area (TPSA) is 77.0 Å². The van der Waals surface area contributed by atoms with Gasteiger partial charge < -0.3 is 24.5 Å². The molecule has 2 aliphatic rings. The zero-order valence-corrected chi connectivity index (χ0v) is 20.7. The highest BCUT2D eigenvalue weighted by Crippen LogP contribution is 2.37. The molecule has 0 amide bonds. The average molecular weight is 465 g/mol. The Balaban J connectivity index is 1.55. The number of para-hydroxylation sites is 1. The van der Waals surface area contributed by atoms with Crippen molar-refractivity contribution in [3.8, 4) is 5.75 Å². The van der Waals surface area contributed by atoms with Crippen LogP contribution in [0.25, 0.3) is 0 Å². The van der Waals surface area contributed by atoms with Gasteiger partial charge in [0, 0.05) is 17.8 Å². The number of carboxylic acid groups (broad SMARTS) is 1. The third-order valence-electron chi connectivity index (χ3n) is 7.32. The fourth-order valence-electron chi connectivity index (χ4n) is 4.61. The van der Waals surface area contributed by atoms with E-state index in [2.05, 4.69) is 51.2 Å². The van der Waals surface area contributed by atoms with Crippen LogP contribution in [0.1, 0.15) is 64.5 Å². The molecule has 2 aromatic carbocycles. The van der Waals surface area contributed by atoms with E-state index in [4.69, 9.17) is 14.0 Å². The highest BCUT2D eigenvalue weighted by atomic mass is 16.7. The number of carboxylic acids is 1. The van der Waals surface area contributed by atoms with Gasteiger partial charge in [-0.05, 0) is 75.7 Å². The third-order valence-corrected chi connectivity index (χ3v) is 7.32. The molecule has 182 valence electrons. The van der Waals surface area contributed by atoms with Crippen LogP contribution >= 0.6 is 0 Å². The molecule has 1 saturated heterocycles. The second-order valence-electron chi connectivity index (χ2n) is 10.5. The molecule has 0 aromatic heterocycles. The summed E-state index contributed by atoms with van der Waals surface area (Å²) in [5.74, 6) is 0.423. The van der Waals surface area contributed by atoms with Gasteiger partial charge in [0.05, 0.1) is 17.6 Å². The van der Waals surface area contributed by atoms with Crippen molar-refractivity contribution in [1.29, 1.82) is 0 Å². The van der Waals surface area contributed by atoms with E-state index in [-0.39, 0.29) is 6.42 Å². The molecule has 2 N–H and O–H groups in total. The lowest BCUT2D eigenvalue weighted by atomic mass is 9.78. The molecular weight excluding hydrogens is 429 g/mol. The Labute approximate surface area is 203 Å². The molecule has 0 spiro atoms. The molecule has 7 heteroatoms. The smallest absolute Gasteiger partial charge is 0.489 e. The lowest BCUT2D eigenvalue weighted by molar-refractivity contribution is -0.136. The first-order valence-electron chi connectivity index (χ1n) is 12.3. The van der Waals surface area contributed by atoms with Crippen LogP contribution < -0.4 is 15.5 Å². The quantitative estimate of drug-likeness (QED) is 0.519. The summed E-state index contributed by atoms with van der Waals surface area (Å²) in [6.07, 6.45) is 5.11. The number of aliphatic carboxylic acids is 1. The fourth-order valence-corrected chi connectivity index (χ4v) is 4.61. The Bertz CT molecular complexity index is 1000. The summed E-state index contributed by atoms with van der Waals surface area (Å²) in [6, 6.07) is 13.6. The van der Waals surface area contributed by atoms with E-state index in [1.807, 2.05) is 18.2 Å². The van der Waals surface area contributed by atoms with E-state index in [9.17, 15) is 9.90 Å². The molecule has 4 rings (SSSR count). The van der Waals surface area contributed by atoms with Gasteiger partial charge in [-0.2, -0.15) is 0 Å². The van der Waals surface area contributed by atoms with Crippen LogP contribution in [-0.4, -0.2) is 35.9 Å². The van der Waals surface area contributed by atoms with Crippen LogP contribution in [0.5, 0.6) is 5.75 Å². The van der Waals surface area contributed by atoms with E-state index >= 15 is 0 Å². The number of ether oxygens (including phenoxy) is 1. The second-order valence-corrected chi connectivity index (χ2v) is 10.5. The summed E-state index contributed by atoms with van der Waals surface area (Å²) in [7, 11) is -0.462. The largest absolute Gasteiger partial charge is 0.494 e. The summed E-state index contributed by atoms with van der Waals surface area (Å²) in [4.78, 5) is 11.2. The predicted molar refractivity (Wildman–Crippen MR) is 135 cm³/mol. The molecule has 2 fully saturated rings. The number of nitrogens with one attached hydrogen (secondary N) is 1. The summed E-state index contributed by atoms with van der Waals surface area (Å²) < 4.78 is 18.7. The Morgan fingerprint density at radius 2 is 1.76 bits per heavy atom. The minimum Gasteiger partial charge on any atom is -0.489 e. The first kappa shape index (κ1) is 24.6. The predicted octanol–water partition coefficient (Wildman–Crippen LogP) is 4.79. The van der Waals surface area contributed by atoms with Crippen molar-refractivity contribution < 1.29 is 23.9 Å². The number of hydrogen-bond donors (Lipinski definition) is 2. The number of anilines is 1. The molecule has 2 aromatic rings. The molecule has 34 heavy (non-hydrogen) atoms. The van der Waals surface area contributed by atoms with Crippen LogP contribution in [0.2, 0.25) is 0 Å². The van der Waals surface area contributed by atoms with E-state index in [0.717, 1.165) is 23.3 Å². The van der Waals surface area contributed by atoms with Gasteiger partial charge in [-0.25, -0.2) is 0 Å². The van der Waals surface area contributed by atoms with E-state index in [1.54, 1.807) is 6.07 Å². The fraction of sp³-hybridized carbons (Fsp3) is 0.519. The maximum absolute atomic E-state index is 11.2. The van der Waals surface area contributed by atoms with Gasteiger partial charge in [0.2, 0.25) is 0 Å². The summed E-state index contributed by atoms with van der Waals surface area (Å²) in [5.41, 5.74) is 2.78. The van der Waals surface area contributed by atoms with Crippen molar-refractivity contribution in [2.75, 3.05) is 11.9 Å². The monoisotopic (exact) mass is 465 g/mol. The second kappa shape index (κ2) is 10.0. The lowest BCUT2D eigenvalue weighted by Gasteiger charge is -2.32. The maximum atomic E-state index is 11.2. The van der Waals surface area contributed by atoms with Gasteiger partial charge >= 0.3 is 13.1 Å². The minimum atomic E-state index is -0.878. The van der Waals surface area contributed by atoms with Crippen molar-refractivity contribution in [3.63, 3.8) is 0 Å². The highest BCUT2D eigenvalue weighted by Gasteiger charge is 2.51. The molecule has 0 radical (unpaired) electrons. The van der Waals surface area contributed by atoms with Gasteiger partial charge in [-0.3, -0.25) is 4.79 Å². The number of benzene rings is 2. The Morgan fingerprint density at radius 3 is 2.44 bits per heavy atom. The molecule has 1 heterocycles. The van der Waals surface area contributed by atoms with Gasteiger partial charge in [0.1, 0.15) is 12.4 Å². The SMILES string of the molecule is CC1(C)OB(c2cc(COc3ccccc3CC(=O)O)cc(NCC3CCCC3)c2)OC1(C)C. The van der Waals surface area contributed by atoms with Crippen molar-refractivity contribution in [1.82, 2.24) is 0 Å². The van der Waals surface area contributed by atoms with Gasteiger partial charge in [-0.15, -0.1) is 0 Å². The van der Waals surface area contributed by atoms with Crippen LogP contribution in [0.3, 0.4) is 0 Å². The lowest BCUT2D eigenvalue weighted by Crippen LogP contribution is -2.41. The van der Waals surface area contributed by atoms with E-state index in [1.165, 1.54) is 25.7 Å². The third kappa shape index (κ3) is 5.76. The molecule has 1 aliphatic heterocycles. The van der Waals surface area contributed by atoms with Gasteiger partial charge in [0.25, 0.3) is 0 Å². The highest BCUT2D eigenvalue weighted by molar-refractivity contribution is 6.62. The van der Waals surface area contributed by atoms with E-state index < -0.39 is 24.3 Å². The summed E-state index contributed by atoms with van der Waals surface area (Å²) in [5, 5.41) is 12.8. The number of carbonyl (C=O) groups is 1. The zero-order valence-electron chi connectivity index (χ0n) is 20.7. The first-order valence-corrected chi connectivity index (χ1v) is 12.3. The average Bonchev–Trinajstić information content (AvgIpc) is 3.36. The molecule has 0 atom stereocenters. The molecule has 1 saturated carbocycles. The maximum Gasteiger partial charge on any atom is 0.494 e. The van der Waals surface area contributed by atoms with Crippen molar-refractivity contribution in [2.45, 2.75) is 77.6 Å². The normalized spacial score (nSPS) is 19.4. The number of rotatable bonds is 9. The van der Waals surface area contributed by atoms with Gasteiger partial charge in [-0.1, -0.05) is 37.1 Å². The van der Waals surface area contributed by atoms with Crippen LogP contribution in [0.4, 0.5) is 5.69 Å². The van der Waals surface area contributed by atoms with Crippen molar-refractivity contribution in [3.05, 3.63) is 53.6 Å². The zero-order chi connectivity index (χ0) is 24.3. The standard InChI is InChI=1S/C27H36BNO5/c1-26(2)27(3,4)34-28(33-26)22-13-20(14-23(16-22)29-17-19-9-5-6-10-19)18-32-24-12-8-7-11-21(24)15-25(30)31/h7-8,11-14,16,19,29H,5-6,9-10,15,17-18H2,1-4H3,(H,30,31). The molecule has 0 unspecified atom stereocenters. The molecule has 1 aliphatic carbocycles. The summed E-state index contributed by atoms with van der Waals surface area (Å²) in [6.45, 7) is 9.49. The van der Waals surface area contributed by atoms with Crippen LogP contribution in [0, 0.1) is 5.92 Å². The van der Waals surface area contributed by atoms with E-state index in [0.29, 0.717) is 23.8 Å². The summed E-state index contributed by atoms with van der Waals surface area (Å²) >= 11 is 0. The molecule has 6 nitrogen and oxygen atoms in total. The first-order chi connectivity index (χ1) is 16.1. The van der Waals surface area contributed by atoms with Crippen molar-refractivity contribution in [2.24, 2.45) is 5.92 Å².